The summed E-state index contributed by atoms with van der Waals surface area (Å²) in [5, 5.41) is 0. The van der Waals surface area contributed by atoms with Gasteiger partial charge in [0.25, 0.3) is 0 Å². The number of ether oxygens (including phenoxy) is 1. The van der Waals surface area contributed by atoms with Crippen molar-refractivity contribution in [3.63, 3.8) is 0 Å². The SMILES string of the molecule is CCOC1CCN(c2ccc(CC(C)N)cc2C)CC1. The summed E-state index contributed by atoms with van der Waals surface area (Å²) in [6.45, 7) is 9.36. The van der Waals surface area contributed by atoms with Crippen LogP contribution in [0.3, 0.4) is 0 Å². The fourth-order valence-electron chi connectivity index (χ4n) is 3.07. The lowest BCUT2D eigenvalue weighted by Gasteiger charge is -2.34. The molecule has 1 saturated heterocycles. The highest BCUT2D eigenvalue weighted by molar-refractivity contribution is 5.54. The molecule has 1 unspecified atom stereocenters. The molecule has 20 heavy (non-hydrogen) atoms. The van der Waals surface area contributed by atoms with Gasteiger partial charge in [-0.3, -0.25) is 0 Å². The number of hydrogen-bond acceptors (Lipinski definition) is 3. The molecular formula is C17H28N2O. The van der Waals surface area contributed by atoms with Gasteiger partial charge in [-0.05, 0) is 57.2 Å². The molecule has 0 amide bonds. The molecule has 1 aromatic rings. The lowest BCUT2D eigenvalue weighted by Crippen LogP contribution is -2.37. The maximum absolute atomic E-state index is 5.87. The summed E-state index contributed by atoms with van der Waals surface area (Å²) in [7, 11) is 0. The van der Waals surface area contributed by atoms with Crippen LogP contribution in [-0.2, 0) is 11.2 Å². The van der Waals surface area contributed by atoms with E-state index in [1.54, 1.807) is 0 Å². The summed E-state index contributed by atoms with van der Waals surface area (Å²) in [6, 6.07) is 6.99. The Hall–Kier alpha value is -1.06. The molecule has 1 aliphatic heterocycles. The van der Waals surface area contributed by atoms with E-state index in [0.29, 0.717) is 6.10 Å². The zero-order valence-corrected chi connectivity index (χ0v) is 13.1. The summed E-state index contributed by atoms with van der Waals surface area (Å²) in [5.41, 5.74) is 9.94. The van der Waals surface area contributed by atoms with Crippen molar-refractivity contribution >= 4 is 5.69 Å². The molecule has 0 bridgehead atoms. The Balaban J connectivity index is 1.99. The van der Waals surface area contributed by atoms with Crippen LogP contribution in [0.2, 0.25) is 0 Å². The van der Waals surface area contributed by atoms with E-state index in [9.17, 15) is 0 Å². The topological polar surface area (TPSA) is 38.5 Å². The van der Waals surface area contributed by atoms with Crippen molar-refractivity contribution in [3.05, 3.63) is 29.3 Å². The van der Waals surface area contributed by atoms with Gasteiger partial charge in [0.15, 0.2) is 0 Å². The van der Waals surface area contributed by atoms with Crippen molar-refractivity contribution < 1.29 is 4.74 Å². The highest BCUT2D eigenvalue weighted by Crippen LogP contribution is 2.26. The Morgan fingerprint density at radius 1 is 1.35 bits per heavy atom. The molecule has 2 rings (SSSR count). The van der Waals surface area contributed by atoms with Crippen molar-refractivity contribution in [1.29, 1.82) is 0 Å². The second kappa shape index (κ2) is 7.09. The summed E-state index contributed by atoms with van der Waals surface area (Å²) in [4.78, 5) is 2.49. The molecule has 3 nitrogen and oxygen atoms in total. The van der Waals surface area contributed by atoms with Crippen molar-refractivity contribution in [1.82, 2.24) is 0 Å². The smallest absolute Gasteiger partial charge is 0.0608 e. The van der Waals surface area contributed by atoms with E-state index >= 15 is 0 Å². The first kappa shape index (κ1) is 15.3. The van der Waals surface area contributed by atoms with Gasteiger partial charge in [0.05, 0.1) is 6.10 Å². The molecule has 0 aromatic heterocycles. The van der Waals surface area contributed by atoms with Gasteiger partial charge in [-0.2, -0.15) is 0 Å². The van der Waals surface area contributed by atoms with Gasteiger partial charge >= 0.3 is 0 Å². The average molecular weight is 276 g/mol. The third-order valence-corrected chi connectivity index (χ3v) is 4.00. The minimum atomic E-state index is 0.224. The number of rotatable bonds is 5. The van der Waals surface area contributed by atoms with Gasteiger partial charge in [0, 0.05) is 31.4 Å². The second-order valence-electron chi connectivity index (χ2n) is 5.94. The van der Waals surface area contributed by atoms with Crippen LogP contribution in [0.5, 0.6) is 0 Å². The largest absolute Gasteiger partial charge is 0.378 e. The third-order valence-electron chi connectivity index (χ3n) is 4.00. The monoisotopic (exact) mass is 276 g/mol. The van der Waals surface area contributed by atoms with Crippen LogP contribution >= 0.6 is 0 Å². The summed E-state index contributed by atoms with van der Waals surface area (Å²) in [6.07, 6.45) is 3.67. The molecule has 1 heterocycles. The first-order valence-electron chi connectivity index (χ1n) is 7.81. The van der Waals surface area contributed by atoms with Crippen LogP contribution in [0, 0.1) is 6.92 Å². The predicted octanol–water partition coefficient (Wildman–Crippen LogP) is 2.89. The van der Waals surface area contributed by atoms with E-state index in [1.165, 1.54) is 16.8 Å². The Labute approximate surface area is 123 Å². The fourth-order valence-corrected chi connectivity index (χ4v) is 3.07. The van der Waals surface area contributed by atoms with Gasteiger partial charge in [-0.25, -0.2) is 0 Å². The van der Waals surface area contributed by atoms with Crippen LogP contribution in [0.4, 0.5) is 5.69 Å². The lowest BCUT2D eigenvalue weighted by molar-refractivity contribution is 0.0459. The molecule has 1 aromatic carbocycles. The van der Waals surface area contributed by atoms with Crippen LogP contribution < -0.4 is 10.6 Å². The fraction of sp³-hybridized carbons (Fsp3) is 0.647. The quantitative estimate of drug-likeness (QED) is 0.898. The zero-order chi connectivity index (χ0) is 14.5. The molecule has 0 spiro atoms. The summed E-state index contributed by atoms with van der Waals surface area (Å²) >= 11 is 0. The minimum absolute atomic E-state index is 0.224. The maximum Gasteiger partial charge on any atom is 0.0608 e. The summed E-state index contributed by atoms with van der Waals surface area (Å²) < 4.78 is 5.72. The molecule has 1 fully saturated rings. The Bertz CT molecular complexity index is 423. The Kier molecular flexibility index (Phi) is 5.44. The number of nitrogens with zero attached hydrogens (tertiary/aromatic N) is 1. The van der Waals surface area contributed by atoms with Crippen LogP contribution in [0.25, 0.3) is 0 Å². The van der Waals surface area contributed by atoms with E-state index in [-0.39, 0.29) is 6.04 Å². The Morgan fingerprint density at radius 3 is 2.60 bits per heavy atom. The molecule has 112 valence electrons. The number of aryl methyl sites for hydroxylation is 1. The van der Waals surface area contributed by atoms with E-state index in [0.717, 1.165) is 39.0 Å². The molecule has 0 radical (unpaired) electrons. The zero-order valence-electron chi connectivity index (χ0n) is 13.1. The molecule has 3 heteroatoms. The van der Waals surface area contributed by atoms with Crippen molar-refractivity contribution in [2.24, 2.45) is 5.73 Å². The number of nitrogens with two attached hydrogens (primary N) is 1. The molecule has 1 atom stereocenters. The van der Waals surface area contributed by atoms with E-state index in [1.807, 2.05) is 0 Å². The van der Waals surface area contributed by atoms with Crippen molar-refractivity contribution in [3.8, 4) is 0 Å². The predicted molar refractivity (Wildman–Crippen MR) is 85.4 cm³/mol. The first-order chi connectivity index (χ1) is 9.60. The van der Waals surface area contributed by atoms with E-state index in [4.69, 9.17) is 10.5 Å². The molecule has 1 aliphatic rings. The second-order valence-corrected chi connectivity index (χ2v) is 5.94. The maximum atomic E-state index is 5.87. The van der Waals surface area contributed by atoms with Crippen LogP contribution in [-0.4, -0.2) is 31.8 Å². The average Bonchev–Trinajstić information content (AvgIpc) is 2.40. The minimum Gasteiger partial charge on any atom is -0.378 e. The standard InChI is InChI=1S/C17H28N2O/c1-4-20-16-7-9-19(10-8-16)17-6-5-15(11-13(17)2)12-14(3)18/h5-6,11,14,16H,4,7-10,12,18H2,1-3H3. The number of anilines is 1. The van der Waals surface area contributed by atoms with Gasteiger partial charge in [0.2, 0.25) is 0 Å². The Morgan fingerprint density at radius 2 is 2.05 bits per heavy atom. The lowest BCUT2D eigenvalue weighted by atomic mass is 10.0. The molecule has 2 N–H and O–H groups in total. The normalized spacial score (nSPS) is 18.3. The molecule has 0 aliphatic carbocycles. The highest BCUT2D eigenvalue weighted by atomic mass is 16.5. The van der Waals surface area contributed by atoms with Crippen molar-refractivity contribution in [2.75, 3.05) is 24.6 Å². The number of piperidine rings is 1. The highest BCUT2D eigenvalue weighted by Gasteiger charge is 2.20. The van der Waals surface area contributed by atoms with Gasteiger partial charge in [0.1, 0.15) is 0 Å². The number of benzene rings is 1. The number of hydrogen-bond donors (Lipinski definition) is 1. The van der Waals surface area contributed by atoms with E-state index in [2.05, 4.69) is 43.9 Å². The van der Waals surface area contributed by atoms with Gasteiger partial charge < -0.3 is 15.4 Å². The summed E-state index contributed by atoms with van der Waals surface area (Å²) in [5.74, 6) is 0. The van der Waals surface area contributed by atoms with Crippen LogP contribution in [0.1, 0.15) is 37.8 Å². The van der Waals surface area contributed by atoms with Crippen molar-refractivity contribution in [2.45, 2.75) is 52.2 Å². The first-order valence-corrected chi connectivity index (χ1v) is 7.81. The van der Waals surface area contributed by atoms with Crippen LogP contribution in [0.15, 0.2) is 18.2 Å². The third kappa shape index (κ3) is 3.97. The van der Waals surface area contributed by atoms with Gasteiger partial charge in [-0.15, -0.1) is 0 Å². The van der Waals surface area contributed by atoms with E-state index < -0.39 is 0 Å². The van der Waals surface area contributed by atoms with Gasteiger partial charge in [-0.1, -0.05) is 12.1 Å². The molecular weight excluding hydrogens is 248 g/mol. The molecule has 0 saturated carbocycles.